The summed E-state index contributed by atoms with van der Waals surface area (Å²) >= 11 is 0. The molecular weight excluding hydrogens is 176 g/mol. The standard InChI is InChI=1S/C7H12N2O4/c8-1-3-5(11)7(13)6(12)4(2-10)9-3/h3-7,9-13H,2H2/t3-,4-,5-,6-,7-/m1/s1. The van der Waals surface area contributed by atoms with Gasteiger partial charge in [0.1, 0.15) is 24.4 Å². The van der Waals surface area contributed by atoms with Crippen LogP contribution in [0.5, 0.6) is 0 Å². The van der Waals surface area contributed by atoms with Crippen molar-refractivity contribution in [2.75, 3.05) is 6.61 Å². The molecule has 0 saturated carbocycles. The number of aliphatic hydroxyl groups is 4. The first kappa shape index (κ1) is 10.4. The Kier molecular flexibility index (Phi) is 3.19. The Morgan fingerprint density at radius 3 is 2.23 bits per heavy atom. The Balaban J connectivity index is 2.73. The van der Waals surface area contributed by atoms with Crippen LogP contribution in [0.2, 0.25) is 0 Å². The Morgan fingerprint density at radius 2 is 1.77 bits per heavy atom. The molecular formula is C7H12N2O4. The van der Waals surface area contributed by atoms with Crippen LogP contribution >= 0.6 is 0 Å². The van der Waals surface area contributed by atoms with E-state index in [4.69, 9.17) is 10.4 Å². The van der Waals surface area contributed by atoms with Gasteiger partial charge in [-0.15, -0.1) is 0 Å². The molecule has 0 aromatic heterocycles. The van der Waals surface area contributed by atoms with Crippen molar-refractivity contribution < 1.29 is 20.4 Å². The highest BCUT2D eigenvalue weighted by Gasteiger charge is 2.41. The Labute approximate surface area is 75.0 Å². The fourth-order valence-corrected chi connectivity index (χ4v) is 1.34. The van der Waals surface area contributed by atoms with Gasteiger partial charge in [0.15, 0.2) is 0 Å². The van der Waals surface area contributed by atoms with Crippen molar-refractivity contribution in [2.45, 2.75) is 30.4 Å². The summed E-state index contributed by atoms with van der Waals surface area (Å²) in [5.74, 6) is 0. The quantitative estimate of drug-likeness (QED) is 0.298. The number of rotatable bonds is 1. The van der Waals surface area contributed by atoms with E-state index < -0.39 is 37.0 Å². The average molecular weight is 188 g/mol. The zero-order valence-corrected chi connectivity index (χ0v) is 6.83. The molecule has 1 fully saturated rings. The zero-order valence-electron chi connectivity index (χ0n) is 6.83. The van der Waals surface area contributed by atoms with Crippen LogP contribution < -0.4 is 5.32 Å². The molecule has 5 atom stereocenters. The molecule has 74 valence electrons. The minimum absolute atomic E-state index is 0.400. The first-order valence-corrected chi connectivity index (χ1v) is 3.92. The molecule has 1 aliphatic rings. The number of hydrogen-bond donors (Lipinski definition) is 5. The SMILES string of the molecule is N#C[C@H]1N[C@H](CO)[C@@H](O)[C@H](O)[C@@H]1O. The van der Waals surface area contributed by atoms with Gasteiger partial charge in [0.25, 0.3) is 0 Å². The molecule has 0 aliphatic carbocycles. The fraction of sp³-hybridized carbons (Fsp3) is 0.857. The second-order valence-corrected chi connectivity index (χ2v) is 3.03. The molecule has 0 amide bonds. The third kappa shape index (κ3) is 1.80. The van der Waals surface area contributed by atoms with E-state index in [1.165, 1.54) is 0 Å². The van der Waals surface area contributed by atoms with E-state index >= 15 is 0 Å². The first-order valence-electron chi connectivity index (χ1n) is 3.92. The summed E-state index contributed by atoms with van der Waals surface area (Å²) < 4.78 is 0. The molecule has 1 aliphatic heterocycles. The highest BCUT2D eigenvalue weighted by molar-refractivity contribution is 5.06. The van der Waals surface area contributed by atoms with Crippen LogP contribution in [0.1, 0.15) is 0 Å². The molecule has 5 N–H and O–H groups in total. The van der Waals surface area contributed by atoms with E-state index in [-0.39, 0.29) is 0 Å². The van der Waals surface area contributed by atoms with Gasteiger partial charge in [0, 0.05) is 0 Å². The van der Waals surface area contributed by atoms with Crippen LogP contribution in [0.3, 0.4) is 0 Å². The number of nitrogens with zero attached hydrogens (tertiary/aromatic N) is 1. The number of piperidine rings is 1. The van der Waals surface area contributed by atoms with Crippen LogP contribution in [-0.4, -0.2) is 57.4 Å². The lowest BCUT2D eigenvalue weighted by atomic mass is 9.91. The molecule has 0 aromatic carbocycles. The average Bonchev–Trinajstić information content (AvgIpc) is 2.15. The van der Waals surface area contributed by atoms with Crippen molar-refractivity contribution in [1.82, 2.24) is 5.32 Å². The van der Waals surface area contributed by atoms with Gasteiger partial charge >= 0.3 is 0 Å². The maximum Gasteiger partial charge on any atom is 0.125 e. The smallest absolute Gasteiger partial charge is 0.125 e. The molecule has 0 spiro atoms. The second-order valence-electron chi connectivity index (χ2n) is 3.03. The van der Waals surface area contributed by atoms with E-state index in [0.29, 0.717) is 0 Å². The van der Waals surface area contributed by atoms with Gasteiger partial charge in [-0.1, -0.05) is 0 Å². The van der Waals surface area contributed by atoms with Gasteiger partial charge in [-0.2, -0.15) is 5.26 Å². The lowest BCUT2D eigenvalue weighted by Crippen LogP contribution is -2.65. The Bertz CT molecular complexity index is 215. The molecule has 13 heavy (non-hydrogen) atoms. The maximum absolute atomic E-state index is 9.28. The van der Waals surface area contributed by atoms with E-state index in [1.54, 1.807) is 6.07 Å². The van der Waals surface area contributed by atoms with Crippen molar-refractivity contribution in [3.63, 3.8) is 0 Å². The summed E-state index contributed by atoms with van der Waals surface area (Å²) in [5, 5.41) is 47.6. The van der Waals surface area contributed by atoms with Gasteiger partial charge < -0.3 is 20.4 Å². The lowest BCUT2D eigenvalue weighted by molar-refractivity contribution is -0.111. The molecule has 1 rings (SSSR count). The third-order valence-corrected chi connectivity index (χ3v) is 2.18. The molecule has 0 aromatic rings. The molecule has 6 nitrogen and oxygen atoms in total. The summed E-state index contributed by atoms with van der Waals surface area (Å²) in [5.41, 5.74) is 0. The predicted octanol–water partition coefficient (Wildman–Crippen LogP) is -3.07. The molecule has 0 bridgehead atoms. The number of hydrogen-bond acceptors (Lipinski definition) is 6. The van der Waals surface area contributed by atoms with E-state index in [2.05, 4.69) is 5.32 Å². The van der Waals surface area contributed by atoms with E-state index in [0.717, 1.165) is 0 Å². The topological polar surface area (TPSA) is 117 Å². The zero-order chi connectivity index (χ0) is 10.0. The largest absolute Gasteiger partial charge is 0.395 e. The molecule has 1 saturated heterocycles. The van der Waals surface area contributed by atoms with Gasteiger partial charge in [-0.25, -0.2) is 0 Å². The number of aliphatic hydroxyl groups excluding tert-OH is 4. The molecule has 1 heterocycles. The van der Waals surface area contributed by atoms with Gasteiger partial charge in [0.2, 0.25) is 0 Å². The highest BCUT2D eigenvalue weighted by Crippen LogP contribution is 2.14. The van der Waals surface area contributed by atoms with E-state index in [1.807, 2.05) is 0 Å². The molecule has 6 heteroatoms. The summed E-state index contributed by atoms with van der Waals surface area (Å²) in [4.78, 5) is 0. The third-order valence-electron chi connectivity index (χ3n) is 2.18. The minimum atomic E-state index is -1.40. The van der Waals surface area contributed by atoms with Crippen molar-refractivity contribution in [3.05, 3.63) is 0 Å². The Morgan fingerprint density at radius 1 is 1.15 bits per heavy atom. The van der Waals surface area contributed by atoms with Crippen LogP contribution in [-0.2, 0) is 0 Å². The monoisotopic (exact) mass is 188 g/mol. The van der Waals surface area contributed by atoms with Crippen LogP contribution in [0.15, 0.2) is 0 Å². The Hall–Kier alpha value is -0.710. The van der Waals surface area contributed by atoms with Crippen molar-refractivity contribution in [1.29, 1.82) is 5.26 Å². The first-order chi connectivity index (χ1) is 6.11. The van der Waals surface area contributed by atoms with Crippen molar-refractivity contribution in [2.24, 2.45) is 0 Å². The van der Waals surface area contributed by atoms with Crippen molar-refractivity contribution in [3.8, 4) is 6.07 Å². The van der Waals surface area contributed by atoms with Crippen LogP contribution in [0.25, 0.3) is 0 Å². The molecule has 0 unspecified atom stereocenters. The van der Waals surface area contributed by atoms with Crippen LogP contribution in [0.4, 0.5) is 0 Å². The second kappa shape index (κ2) is 4.00. The predicted molar refractivity (Wildman–Crippen MR) is 41.4 cm³/mol. The summed E-state index contributed by atoms with van der Waals surface area (Å²) in [7, 11) is 0. The minimum Gasteiger partial charge on any atom is -0.395 e. The lowest BCUT2D eigenvalue weighted by Gasteiger charge is -2.38. The van der Waals surface area contributed by atoms with E-state index in [9.17, 15) is 15.3 Å². The fourth-order valence-electron chi connectivity index (χ4n) is 1.34. The van der Waals surface area contributed by atoms with Crippen LogP contribution in [0, 0.1) is 11.3 Å². The summed E-state index contributed by atoms with van der Waals surface area (Å²) in [6, 6.07) is -0.0118. The number of nitrogens with one attached hydrogen (secondary N) is 1. The maximum atomic E-state index is 9.28. The highest BCUT2D eigenvalue weighted by atomic mass is 16.4. The number of nitriles is 1. The van der Waals surface area contributed by atoms with Gasteiger partial charge in [-0.3, -0.25) is 5.32 Å². The summed E-state index contributed by atoms with van der Waals surface area (Å²) in [6.07, 6.45) is -3.99. The van der Waals surface area contributed by atoms with Gasteiger partial charge in [-0.05, 0) is 0 Å². The molecule has 0 radical (unpaired) electrons. The van der Waals surface area contributed by atoms with Gasteiger partial charge in [0.05, 0.1) is 18.7 Å². The van der Waals surface area contributed by atoms with Crippen molar-refractivity contribution >= 4 is 0 Å². The summed E-state index contributed by atoms with van der Waals surface area (Å²) in [6.45, 7) is -0.400. The normalized spacial score (nSPS) is 45.6.